The lowest BCUT2D eigenvalue weighted by Gasteiger charge is -2.13. The van der Waals surface area contributed by atoms with Crippen LogP contribution in [0.5, 0.6) is 0 Å². The molecule has 194 valence electrons. The van der Waals surface area contributed by atoms with Gasteiger partial charge in [-0.3, -0.25) is 14.2 Å². The van der Waals surface area contributed by atoms with E-state index in [0.717, 1.165) is 12.1 Å². The summed E-state index contributed by atoms with van der Waals surface area (Å²) in [6.07, 6.45) is -0.158. The first-order valence-electron chi connectivity index (χ1n) is 11.4. The number of nitrogens with zero attached hydrogens (tertiary/aromatic N) is 4. The van der Waals surface area contributed by atoms with Crippen LogP contribution < -0.4 is 5.32 Å². The first-order valence-corrected chi connectivity index (χ1v) is 11.4. The number of carbonyl (C=O) groups excluding carboxylic acids is 1. The molecule has 5 rings (SSSR count). The average Bonchev–Trinajstić information content (AvgIpc) is 3.34. The second-order valence-electron chi connectivity index (χ2n) is 8.54. The topological polar surface area (TPSA) is 83.1 Å². The van der Waals surface area contributed by atoms with Crippen molar-refractivity contribution < 1.29 is 26.7 Å². The van der Waals surface area contributed by atoms with Crippen LogP contribution in [0.15, 0.2) is 73.2 Å². The van der Waals surface area contributed by atoms with Crippen LogP contribution in [0.3, 0.4) is 0 Å². The molecule has 1 N–H and O–H groups in total. The summed E-state index contributed by atoms with van der Waals surface area (Å²) in [6.45, 7) is 1.57. The molecule has 0 aliphatic rings. The Morgan fingerprint density at radius 1 is 1.00 bits per heavy atom. The largest absolute Gasteiger partial charge is 0.417 e. The zero-order valence-corrected chi connectivity index (χ0v) is 20.0. The van der Waals surface area contributed by atoms with Gasteiger partial charge in [0.25, 0.3) is 5.91 Å². The highest BCUT2D eigenvalue weighted by molar-refractivity contribution is 6.06. The van der Waals surface area contributed by atoms with Crippen LogP contribution in [-0.4, -0.2) is 20.3 Å². The van der Waals surface area contributed by atoms with Crippen LogP contribution in [0.4, 0.5) is 27.6 Å². The number of anilines is 1. The fourth-order valence-electron chi connectivity index (χ4n) is 4.20. The average molecular weight is 533 g/mol. The zero-order valence-electron chi connectivity index (χ0n) is 20.0. The van der Waals surface area contributed by atoms with Crippen molar-refractivity contribution in [2.75, 3.05) is 5.32 Å². The second kappa shape index (κ2) is 9.64. The highest BCUT2D eigenvalue weighted by atomic mass is 19.4. The standard InChI is InChI=1S/C28H16F5N5O/c1-15-21(27(39)37-18-8-7-16(12-34)22(11-18)28(31,32)33)10-17(13-35-15)19-5-3-9-38-24(19)14-36-26(38)20-4-2-6-23(29)25(20)30/h2-11,13-14H,1H3,(H,37,39). The molecule has 6 nitrogen and oxygen atoms in total. The Hall–Kier alpha value is -5.11. The summed E-state index contributed by atoms with van der Waals surface area (Å²) < 4.78 is 69.9. The van der Waals surface area contributed by atoms with Gasteiger partial charge >= 0.3 is 6.18 Å². The molecular formula is C28H16F5N5O. The summed E-state index contributed by atoms with van der Waals surface area (Å²) in [5, 5.41) is 11.4. The lowest BCUT2D eigenvalue weighted by molar-refractivity contribution is -0.137. The molecule has 5 aromatic rings. The molecule has 0 bridgehead atoms. The summed E-state index contributed by atoms with van der Waals surface area (Å²) in [7, 11) is 0. The number of hydrogen-bond donors (Lipinski definition) is 1. The van der Waals surface area contributed by atoms with E-state index >= 15 is 0 Å². The maximum Gasteiger partial charge on any atom is 0.417 e. The predicted molar refractivity (Wildman–Crippen MR) is 133 cm³/mol. The normalized spacial score (nSPS) is 11.4. The van der Waals surface area contributed by atoms with Crippen LogP contribution in [0.1, 0.15) is 27.2 Å². The van der Waals surface area contributed by atoms with Gasteiger partial charge in [-0.15, -0.1) is 0 Å². The van der Waals surface area contributed by atoms with E-state index in [4.69, 9.17) is 5.26 Å². The molecule has 0 radical (unpaired) electrons. The minimum Gasteiger partial charge on any atom is -0.322 e. The highest BCUT2D eigenvalue weighted by Crippen LogP contribution is 2.34. The van der Waals surface area contributed by atoms with Crippen molar-refractivity contribution in [1.82, 2.24) is 14.4 Å². The van der Waals surface area contributed by atoms with E-state index in [0.29, 0.717) is 28.4 Å². The number of fused-ring (bicyclic) bond motifs is 1. The van der Waals surface area contributed by atoms with Crippen LogP contribution in [-0.2, 0) is 6.18 Å². The fourth-order valence-corrected chi connectivity index (χ4v) is 4.20. The third kappa shape index (κ3) is 4.68. The molecule has 0 saturated carbocycles. The summed E-state index contributed by atoms with van der Waals surface area (Å²) in [5.41, 5.74) is 0.106. The zero-order chi connectivity index (χ0) is 27.9. The predicted octanol–water partition coefficient (Wildman–Crippen LogP) is 6.79. The minimum absolute atomic E-state index is 0.0325. The van der Waals surface area contributed by atoms with Crippen LogP contribution in [0.25, 0.3) is 28.0 Å². The number of aromatic nitrogens is 3. The monoisotopic (exact) mass is 533 g/mol. The van der Waals surface area contributed by atoms with Crippen molar-refractivity contribution in [1.29, 1.82) is 5.26 Å². The number of imidazole rings is 1. The van der Waals surface area contributed by atoms with Crippen LogP contribution in [0, 0.1) is 29.9 Å². The number of aryl methyl sites for hydroxylation is 1. The molecule has 39 heavy (non-hydrogen) atoms. The van der Waals surface area contributed by atoms with Crippen molar-refractivity contribution in [3.05, 3.63) is 107 Å². The molecule has 0 aliphatic carbocycles. The molecule has 0 saturated heterocycles. The van der Waals surface area contributed by atoms with Crippen LogP contribution >= 0.6 is 0 Å². The van der Waals surface area contributed by atoms with Gasteiger partial charge in [0.2, 0.25) is 0 Å². The Labute approximate surface area is 218 Å². The quantitative estimate of drug-likeness (QED) is 0.258. The number of alkyl halides is 3. The third-order valence-corrected chi connectivity index (χ3v) is 6.11. The molecule has 1 amide bonds. The Morgan fingerprint density at radius 2 is 1.77 bits per heavy atom. The van der Waals surface area contributed by atoms with Gasteiger partial charge in [0.1, 0.15) is 5.82 Å². The Morgan fingerprint density at radius 3 is 2.51 bits per heavy atom. The summed E-state index contributed by atoms with van der Waals surface area (Å²) in [6, 6.07) is 13.1. The van der Waals surface area contributed by atoms with Gasteiger partial charge in [0.15, 0.2) is 11.6 Å². The van der Waals surface area contributed by atoms with Gasteiger partial charge in [-0.2, -0.15) is 18.4 Å². The number of hydrogen-bond acceptors (Lipinski definition) is 4. The van der Waals surface area contributed by atoms with E-state index in [1.165, 1.54) is 42.7 Å². The molecular weight excluding hydrogens is 517 g/mol. The smallest absolute Gasteiger partial charge is 0.322 e. The number of benzene rings is 2. The van der Waals surface area contributed by atoms with E-state index < -0.39 is 34.8 Å². The molecule has 0 fully saturated rings. The number of nitriles is 1. The molecule has 11 heteroatoms. The number of halogens is 5. The molecule has 0 aliphatic heterocycles. The van der Waals surface area contributed by atoms with Crippen LogP contribution in [0.2, 0.25) is 0 Å². The highest BCUT2D eigenvalue weighted by Gasteiger charge is 2.34. The van der Waals surface area contributed by atoms with Crippen molar-refractivity contribution >= 4 is 17.1 Å². The van der Waals surface area contributed by atoms with Gasteiger partial charge in [0.05, 0.1) is 45.7 Å². The first kappa shape index (κ1) is 25.5. The Bertz CT molecular complexity index is 1800. The molecule has 3 heterocycles. The van der Waals surface area contributed by atoms with Crippen molar-refractivity contribution in [3.8, 4) is 28.6 Å². The fraction of sp³-hybridized carbons (Fsp3) is 0.0714. The van der Waals surface area contributed by atoms with E-state index in [1.807, 2.05) is 0 Å². The minimum atomic E-state index is -4.78. The summed E-state index contributed by atoms with van der Waals surface area (Å²) >= 11 is 0. The van der Waals surface area contributed by atoms with E-state index in [2.05, 4.69) is 15.3 Å². The molecule has 0 unspecified atom stereocenters. The number of carbonyl (C=O) groups is 1. The van der Waals surface area contributed by atoms with Gasteiger partial charge in [-0.25, -0.2) is 13.8 Å². The van der Waals surface area contributed by atoms with Gasteiger partial charge in [0, 0.05) is 29.2 Å². The Balaban J connectivity index is 1.52. The van der Waals surface area contributed by atoms with E-state index in [9.17, 15) is 26.7 Å². The number of pyridine rings is 2. The van der Waals surface area contributed by atoms with Crippen molar-refractivity contribution in [2.45, 2.75) is 13.1 Å². The number of rotatable bonds is 4. The number of amides is 1. The lowest BCUT2D eigenvalue weighted by atomic mass is 10.0. The SMILES string of the molecule is Cc1ncc(-c2cccn3c(-c4cccc(F)c4F)ncc23)cc1C(=O)Nc1ccc(C#N)c(C(F)(F)F)c1. The summed E-state index contributed by atoms with van der Waals surface area (Å²) in [4.78, 5) is 21.6. The molecule has 3 aromatic heterocycles. The maximum absolute atomic E-state index is 14.5. The second-order valence-corrected chi connectivity index (χ2v) is 8.54. The van der Waals surface area contributed by atoms with Gasteiger partial charge in [-0.05, 0) is 49.4 Å². The molecule has 0 atom stereocenters. The van der Waals surface area contributed by atoms with E-state index in [1.54, 1.807) is 29.7 Å². The lowest BCUT2D eigenvalue weighted by Crippen LogP contribution is -2.16. The molecule has 2 aromatic carbocycles. The Kier molecular flexibility index (Phi) is 6.32. The third-order valence-electron chi connectivity index (χ3n) is 6.11. The van der Waals surface area contributed by atoms with Gasteiger partial charge < -0.3 is 5.32 Å². The van der Waals surface area contributed by atoms with E-state index in [-0.39, 0.29) is 22.6 Å². The number of nitrogens with one attached hydrogen (secondary N) is 1. The maximum atomic E-state index is 14.5. The first-order chi connectivity index (χ1) is 18.6. The van der Waals surface area contributed by atoms with Crippen molar-refractivity contribution in [2.24, 2.45) is 0 Å². The van der Waals surface area contributed by atoms with Gasteiger partial charge in [-0.1, -0.05) is 12.1 Å². The van der Waals surface area contributed by atoms with Crippen molar-refractivity contribution in [3.63, 3.8) is 0 Å². The molecule has 0 spiro atoms. The summed E-state index contributed by atoms with van der Waals surface area (Å²) in [5.74, 6) is -2.59.